The van der Waals surface area contributed by atoms with Crippen molar-refractivity contribution < 1.29 is 32.9 Å². The van der Waals surface area contributed by atoms with Gasteiger partial charge in [-0.2, -0.15) is 0 Å². The molecular formula is C66H134N2O6P+. The van der Waals surface area contributed by atoms with Gasteiger partial charge in [0.25, 0.3) is 0 Å². The molecule has 3 atom stereocenters. The lowest BCUT2D eigenvalue weighted by Gasteiger charge is -2.25. The molecule has 8 nitrogen and oxygen atoms in total. The van der Waals surface area contributed by atoms with Gasteiger partial charge < -0.3 is 19.8 Å². The lowest BCUT2D eigenvalue weighted by molar-refractivity contribution is -0.870. The Morgan fingerprint density at radius 1 is 0.440 bits per heavy atom. The summed E-state index contributed by atoms with van der Waals surface area (Å²) in [6.45, 7) is 4.88. The molecular weight excluding hydrogens is 948 g/mol. The number of nitrogens with one attached hydrogen (secondary N) is 1. The molecule has 0 fully saturated rings. The Kier molecular flexibility index (Phi) is 57.3. The average molecular weight is 1080 g/mol. The Hall–Kier alpha value is -0.760. The molecule has 9 heteroatoms. The number of carbonyl (C=O) groups excluding carboxylic acids is 1. The molecule has 3 unspecified atom stereocenters. The maximum absolute atomic E-state index is 13.0. The summed E-state index contributed by atoms with van der Waals surface area (Å²) >= 11 is 0. The summed E-state index contributed by atoms with van der Waals surface area (Å²) in [6, 6.07) is -0.843. The second-order valence-electron chi connectivity index (χ2n) is 24.6. The first-order chi connectivity index (χ1) is 36.5. The zero-order chi connectivity index (χ0) is 54.9. The summed E-state index contributed by atoms with van der Waals surface area (Å²) < 4.78 is 23.8. The van der Waals surface area contributed by atoms with Crippen LogP contribution in [-0.4, -0.2) is 73.4 Å². The predicted octanol–water partition coefficient (Wildman–Crippen LogP) is 20.9. The highest BCUT2D eigenvalue weighted by atomic mass is 31.2. The second kappa shape index (κ2) is 57.9. The molecule has 0 heterocycles. The van der Waals surface area contributed by atoms with Crippen LogP contribution in [0, 0.1) is 0 Å². The predicted molar refractivity (Wildman–Crippen MR) is 328 cm³/mol. The summed E-state index contributed by atoms with van der Waals surface area (Å²) in [5.41, 5.74) is 0. The van der Waals surface area contributed by atoms with Crippen LogP contribution in [0.1, 0.15) is 354 Å². The highest BCUT2D eigenvalue weighted by Crippen LogP contribution is 2.43. The normalized spacial score (nSPS) is 13.7. The van der Waals surface area contributed by atoms with Crippen molar-refractivity contribution >= 4 is 13.7 Å². The number of unbranched alkanes of at least 4 members (excludes halogenated alkanes) is 50. The summed E-state index contributed by atoms with van der Waals surface area (Å²) in [6.07, 6.45) is 73.5. The number of allylic oxidation sites excluding steroid dienone is 1. The molecule has 0 rings (SSSR count). The third kappa shape index (κ3) is 60.7. The standard InChI is InChI=1S/C66H133N2O6P/c1-6-8-10-12-14-16-18-20-22-24-26-28-29-30-31-32-33-34-35-36-37-38-40-41-43-45-47-49-51-53-55-57-59-65(69)64(63-74-75(71,72)73-62-61-68(3,4)5)67-66(70)60-58-56-54-52-50-48-46-44-42-39-27-25-23-21-19-17-15-13-11-9-7-2/h57,59,64-65,69H,6-56,58,60-63H2,1-5H3,(H-,67,70,71,72)/p+1/b59-57+. The molecule has 1 amide bonds. The van der Waals surface area contributed by atoms with Crippen LogP contribution in [0.4, 0.5) is 0 Å². The fourth-order valence-corrected chi connectivity index (χ4v) is 11.3. The van der Waals surface area contributed by atoms with Crippen molar-refractivity contribution in [1.29, 1.82) is 0 Å². The van der Waals surface area contributed by atoms with Gasteiger partial charge in [0.15, 0.2) is 0 Å². The first-order valence-electron chi connectivity index (χ1n) is 33.6. The van der Waals surface area contributed by atoms with Gasteiger partial charge in [0.2, 0.25) is 5.91 Å². The van der Waals surface area contributed by atoms with Crippen molar-refractivity contribution in [3.63, 3.8) is 0 Å². The van der Waals surface area contributed by atoms with Crippen molar-refractivity contribution in [3.8, 4) is 0 Å². The van der Waals surface area contributed by atoms with Crippen molar-refractivity contribution in [1.82, 2.24) is 5.32 Å². The maximum atomic E-state index is 13.0. The molecule has 0 radical (unpaired) electrons. The van der Waals surface area contributed by atoms with Crippen LogP contribution in [0.5, 0.6) is 0 Å². The molecule has 75 heavy (non-hydrogen) atoms. The minimum Gasteiger partial charge on any atom is -0.387 e. The Balaban J connectivity index is 4.04. The number of aliphatic hydroxyl groups is 1. The number of carbonyl (C=O) groups is 1. The number of rotatable bonds is 63. The van der Waals surface area contributed by atoms with E-state index >= 15 is 0 Å². The molecule has 0 spiro atoms. The molecule has 0 aliphatic rings. The van der Waals surface area contributed by atoms with Crippen LogP contribution in [0.2, 0.25) is 0 Å². The van der Waals surface area contributed by atoms with Crippen LogP contribution in [0.15, 0.2) is 12.2 Å². The fourth-order valence-electron chi connectivity index (χ4n) is 10.5. The summed E-state index contributed by atoms with van der Waals surface area (Å²) in [4.78, 5) is 23.4. The number of amides is 1. The highest BCUT2D eigenvalue weighted by Gasteiger charge is 2.28. The fraction of sp³-hybridized carbons (Fsp3) is 0.955. The molecule has 3 N–H and O–H groups in total. The first kappa shape index (κ1) is 74.2. The Labute approximate surface area is 469 Å². The van der Waals surface area contributed by atoms with Crippen LogP contribution < -0.4 is 5.32 Å². The van der Waals surface area contributed by atoms with E-state index in [0.717, 1.165) is 32.1 Å². The molecule has 0 aliphatic heterocycles. The Bertz CT molecular complexity index is 1230. The molecule has 0 aromatic rings. The molecule has 0 saturated carbocycles. The van der Waals surface area contributed by atoms with Gasteiger partial charge in [0, 0.05) is 6.42 Å². The second-order valence-corrected chi connectivity index (χ2v) is 26.0. The number of phosphoric ester groups is 1. The van der Waals surface area contributed by atoms with Gasteiger partial charge in [0.1, 0.15) is 13.2 Å². The summed E-state index contributed by atoms with van der Waals surface area (Å²) in [7, 11) is 1.59. The van der Waals surface area contributed by atoms with E-state index in [1.165, 1.54) is 302 Å². The SMILES string of the molecule is CCCCCCCCCCCCCCCCCCCCCCCCCCCCCCCC/C=C/C(O)C(COP(=O)(O)OCC[N+](C)(C)C)NC(=O)CCCCCCCCCCCCCCCCCCCCCCC. The number of phosphoric acid groups is 1. The minimum absolute atomic E-state index is 0.0654. The van der Waals surface area contributed by atoms with E-state index in [1.54, 1.807) is 6.08 Å². The largest absolute Gasteiger partial charge is 0.472 e. The number of hydrogen-bond acceptors (Lipinski definition) is 5. The van der Waals surface area contributed by atoms with E-state index in [-0.39, 0.29) is 19.1 Å². The average Bonchev–Trinajstić information content (AvgIpc) is 3.37. The van der Waals surface area contributed by atoms with Crippen molar-refractivity contribution in [2.45, 2.75) is 366 Å². The molecule has 0 aromatic heterocycles. The molecule has 0 aliphatic carbocycles. The number of hydrogen-bond donors (Lipinski definition) is 3. The lowest BCUT2D eigenvalue weighted by Crippen LogP contribution is -2.45. The zero-order valence-electron chi connectivity index (χ0n) is 51.3. The van der Waals surface area contributed by atoms with Crippen LogP contribution in [0.3, 0.4) is 0 Å². The smallest absolute Gasteiger partial charge is 0.387 e. The number of likely N-dealkylation sites (N-methyl/N-ethyl adjacent to an activating group) is 1. The molecule has 0 bridgehead atoms. The molecule has 448 valence electrons. The van der Waals surface area contributed by atoms with Gasteiger partial charge in [-0.3, -0.25) is 13.8 Å². The third-order valence-electron chi connectivity index (χ3n) is 15.8. The quantitative estimate of drug-likeness (QED) is 0.0243. The van der Waals surface area contributed by atoms with E-state index in [1.807, 2.05) is 27.2 Å². The van der Waals surface area contributed by atoms with Crippen LogP contribution in [0.25, 0.3) is 0 Å². The first-order valence-corrected chi connectivity index (χ1v) is 35.1. The van der Waals surface area contributed by atoms with E-state index < -0.39 is 20.0 Å². The van der Waals surface area contributed by atoms with E-state index in [0.29, 0.717) is 17.4 Å². The Morgan fingerprint density at radius 3 is 0.987 bits per heavy atom. The van der Waals surface area contributed by atoms with Gasteiger partial charge in [-0.15, -0.1) is 0 Å². The van der Waals surface area contributed by atoms with E-state index in [4.69, 9.17) is 9.05 Å². The monoisotopic (exact) mass is 1080 g/mol. The minimum atomic E-state index is -4.35. The van der Waals surface area contributed by atoms with Crippen molar-refractivity contribution in [2.24, 2.45) is 0 Å². The van der Waals surface area contributed by atoms with Gasteiger partial charge in [-0.1, -0.05) is 341 Å². The maximum Gasteiger partial charge on any atom is 0.472 e. The van der Waals surface area contributed by atoms with Crippen molar-refractivity contribution in [2.75, 3.05) is 40.9 Å². The van der Waals surface area contributed by atoms with E-state index in [9.17, 15) is 19.4 Å². The topological polar surface area (TPSA) is 105 Å². The molecule has 0 aromatic carbocycles. The van der Waals surface area contributed by atoms with Crippen LogP contribution in [-0.2, 0) is 18.4 Å². The third-order valence-corrected chi connectivity index (χ3v) is 16.7. The lowest BCUT2D eigenvalue weighted by atomic mass is 10.0. The van der Waals surface area contributed by atoms with Gasteiger partial charge >= 0.3 is 7.82 Å². The Morgan fingerprint density at radius 2 is 0.707 bits per heavy atom. The van der Waals surface area contributed by atoms with Crippen LogP contribution >= 0.6 is 7.82 Å². The number of quaternary nitrogens is 1. The summed E-state index contributed by atoms with van der Waals surface area (Å²) in [5.74, 6) is -0.168. The highest BCUT2D eigenvalue weighted by molar-refractivity contribution is 7.47. The van der Waals surface area contributed by atoms with Gasteiger partial charge in [-0.25, -0.2) is 4.57 Å². The zero-order valence-corrected chi connectivity index (χ0v) is 52.2. The number of aliphatic hydroxyl groups excluding tert-OH is 1. The van der Waals surface area contributed by atoms with Crippen molar-refractivity contribution in [3.05, 3.63) is 12.2 Å². The van der Waals surface area contributed by atoms with Gasteiger partial charge in [-0.05, 0) is 19.3 Å². The van der Waals surface area contributed by atoms with E-state index in [2.05, 4.69) is 19.2 Å². The summed E-state index contributed by atoms with van der Waals surface area (Å²) in [5, 5.41) is 14.0. The molecule has 0 saturated heterocycles. The number of nitrogens with zero attached hydrogens (tertiary/aromatic N) is 1. The van der Waals surface area contributed by atoms with Gasteiger partial charge in [0.05, 0.1) is 39.9 Å².